The maximum absolute atomic E-state index is 5.40. The fourth-order valence-electron chi connectivity index (χ4n) is 3.00. The summed E-state index contributed by atoms with van der Waals surface area (Å²) < 4.78 is 10.8. The molecule has 9 heteroatoms. The van der Waals surface area contributed by atoms with Crippen LogP contribution in [0.4, 0.5) is 0 Å². The van der Waals surface area contributed by atoms with E-state index in [1.807, 2.05) is 12.1 Å². The SMILES string of the molecule is Cc1nc(CCNC(=NCCN2CCOCC2)NCCc2ccco2)sc1C.I. The molecule has 0 aromatic carbocycles. The number of furan rings is 1. The van der Waals surface area contributed by atoms with Gasteiger partial charge in [-0.05, 0) is 26.0 Å². The van der Waals surface area contributed by atoms with Gasteiger partial charge in [-0.25, -0.2) is 4.98 Å². The number of halogens is 1. The Morgan fingerprint density at radius 1 is 1.21 bits per heavy atom. The van der Waals surface area contributed by atoms with Gasteiger partial charge >= 0.3 is 0 Å². The van der Waals surface area contributed by atoms with E-state index >= 15 is 0 Å². The van der Waals surface area contributed by atoms with Crippen LogP contribution in [0.2, 0.25) is 0 Å². The summed E-state index contributed by atoms with van der Waals surface area (Å²) in [4.78, 5) is 13.1. The van der Waals surface area contributed by atoms with Crippen LogP contribution in [0, 0.1) is 13.8 Å². The minimum absolute atomic E-state index is 0. The van der Waals surface area contributed by atoms with Crippen molar-refractivity contribution in [1.82, 2.24) is 20.5 Å². The Morgan fingerprint density at radius 3 is 2.62 bits per heavy atom. The van der Waals surface area contributed by atoms with Crippen molar-refractivity contribution < 1.29 is 9.15 Å². The molecule has 1 saturated heterocycles. The van der Waals surface area contributed by atoms with Gasteiger partial charge < -0.3 is 19.8 Å². The van der Waals surface area contributed by atoms with Crippen LogP contribution in [-0.4, -0.2) is 68.3 Å². The average Bonchev–Trinajstić information content (AvgIpc) is 3.32. The predicted octanol–water partition coefficient (Wildman–Crippen LogP) is 2.62. The van der Waals surface area contributed by atoms with Gasteiger partial charge in [0, 0.05) is 50.4 Å². The number of ether oxygens (including phenoxy) is 1. The number of aromatic nitrogens is 1. The van der Waals surface area contributed by atoms with E-state index in [-0.39, 0.29) is 24.0 Å². The van der Waals surface area contributed by atoms with Crippen molar-refractivity contribution in [3.8, 4) is 0 Å². The maximum atomic E-state index is 5.40. The zero-order valence-corrected chi connectivity index (χ0v) is 20.4. The normalized spacial score (nSPS) is 15.2. The fraction of sp³-hybridized carbons (Fsp3) is 0.600. The summed E-state index contributed by atoms with van der Waals surface area (Å²) in [6.07, 6.45) is 3.45. The Balaban J connectivity index is 0.00000300. The third kappa shape index (κ3) is 8.61. The molecule has 1 aliphatic rings. The molecule has 7 nitrogen and oxygen atoms in total. The molecular formula is C20H32IN5O2S. The van der Waals surface area contributed by atoms with E-state index in [4.69, 9.17) is 14.1 Å². The van der Waals surface area contributed by atoms with Gasteiger partial charge in [0.15, 0.2) is 5.96 Å². The Hall–Kier alpha value is -1.17. The van der Waals surface area contributed by atoms with E-state index in [2.05, 4.69) is 34.4 Å². The molecule has 0 amide bonds. The molecule has 1 fully saturated rings. The van der Waals surface area contributed by atoms with Crippen molar-refractivity contribution in [2.75, 3.05) is 52.5 Å². The molecule has 2 aromatic heterocycles. The molecule has 2 N–H and O–H groups in total. The first-order valence-corrected chi connectivity index (χ1v) is 10.8. The third-order valence-electron chi connectivity index (χ3n) is 4.74. The summed E-state index contributed by atoms with van der Waals surface area (Å²) in [5, 5.41) is 8.04. The second-order valence-electron chi connectivity index (χ2n) is 6.87. The highest BCUT2D eigenvalue weighted by molar-refractivity contribution is 14.0. The molecule has 0 unspecified atom stereocenters. The van der Waals surface area contributed by atoms with Crippen LogP contribution in [0.5, 0.6) is 0 Å². The standard InChI is InChI=1S/C20H31N5O2S.HI/c1-16-17(2)28-19(24-16)6-8-22-20(21-7-5-18-4-3-13-27-18)23-9-10-25-11-14-26-15-12-25;/h3-4,13H,5-12,14-15H2,1-2H3,(H2,21,22,23);1H. The smallest absolute Gasteiger partial charge is 0.191 e. The molecule has 0 bridgehead atoms. The van der Waals surface area contributed by atoms with E-state index in [0.717, 1.165) is 82.7 Å². The molecule has 29 heavy (non-hydrogen) atoms. The fourth-order valence-corrected chi connectivity index (χ4v) is 3.93. The molecule has 0 aliphatic carbocycles. The number of nitrogens with one attached hydrogen (secondary N) is 2. The molecule has 3 heterocycles. The molecule has 1 aliphatic heterocycles. The number of nitrogens with zero attached hydrogens (tertiary/aromatic N) is 3. The molecule has 2 aromatic rings. The first kappa shape index (κ1) is 24.1. The molecule has 0 saturated carbocycles. The van der Waals surface area contributed by atoms with Gasteiger partial charge in [0.25, 0.3) is 0 Å². The van der Waals surface area contributed by atoms with Gasteiger partial charge in [0.05, 0.1) is 36.7 Å². The van der Waals surface area contributed by atoms with Crippen molar-refractivity contribution in [1.29, 1.82) is 0 Å². The largest absolute Gasteiger partial charge is 0.469 e. The van der Waals surface area contributed by atoms with Gasteiger partial charge in [-0.2, -0.15) is 0 Å². The molecule has 0 spiro atoms. The Labute approximate surface area is 194 Å². The average molecular weight is 533 g/mol. The Morgan fingerprint density at radius 2 is 1.97 bits per heavy atom. The van der Waals surface area contributed by atoms with E-state index in [1.54, 1.807) is 17.6 Å². The molecule has 0 radical (unpaired) electrons. The second-order valence-corrected chi connectivity index (χ2v) is 8.15. The lowest BCUT2D eigenvalue weighted by Crippen LogP contribution is -2.41. The summed E-state index contributed by atoms with van der Waals surface area (Å²) in [7, 11) is 0. The predicted molar refractivity (Wildman–Crippen MR) is 129 cm³/mol. The molecule has 162 valence electrons. The van der Waals surface area contributed by atoms with Crippen LogP contribution in [0.3, 0.4) is 0 Å². The first-order valence-electron chi connectivity index (χ1n) is 9.98. The summed E-state index contributed by atoms with van der Waals surface area (Å²) in [6.45, 7) is 11.1. The van der Waals surface area contributed by atoms with Gasteiger partial charge in [-0.3, -0.25) is 9.89 Å². The summed E-state index contributed by atoms with van der Waals surface area (Å²) in [5.41, 5.74) is 1.14. The quantitative estimate of drug-likeness (QED) is 0.294. The minimum atomic E-state index is 0. The van der Waals surface area contributed by atoms with Gasteiger partial charge in [0.2, 0.25) is 0 Å². The van der Waals surface area contributed by atoms with Crippen LogP contribution >= 0.6 is 35.3 Å². The van der Waals surface area contributed by atoms with Gasteiger partial charge in [0.1, 0.15) is 5.76 Å². The van der Waals surface area contributed by atoms with Crippen molar-refractivity contribution >= 4 is 41.3 Å². The molecule has 3 rings (SSSR count). The molecule has 0 atom stereocenters. The number of guanidine groups is 1. The minimum Gasteiger partial charge on any atom is -0.469 e. The Kier molecular flexibility index (Phi) is 11.0. The zero-order chi connectivity index (χ0) is 19.6. The number of thiazole rings is 1. The third-order valence-corrected chi connectivity index (χ3v) is 5.87. The van der Waals surface area contributed by atoms with E-state index in [0.29, 0.717) is 0 Å². The van der Waals surface area contributed by atoms with Gasteiger partial charge in [-0.15, -0.1) is 35.3 Å². The number of aliphatic imine (C=N–C) groups is 1. The highest BCUT2D eigenvalue weighted by Gasteiger charge is 2.09. The zero-order valence-electron chi connectivity index (χ0n) is 17.3. The number of rotatable bonds is 9. The van der Waals surface area contributed by atoms with Crippen LogP contribution < -0.4 is 10.6 Å². The Bertz CT molecular complexity index is 710. The van der Waals surface area contributed by atoms with Gasteiger partial charge in [-0.1, -0.05) is 0 Å². The second kappa shape index (κ2) is 13.2. The lowest BCUT2D eigenvalue weighted by Gasteiger charge is -2.25. The monoisotopic (exact) mass is 533 g/mol. The maximum Gasteiger partial charge on any atom is 0.191 e. The van der Waals surface area contributed by atoms with E-state index in [1.165, 1.54) is 9.88 Å². The summed E-state index contributed by atoms with van der Waals surface area (Å²) in [6, 6.07) is 3.92. The lowest BCUT2D eigenvalue weighted by atomic mass is 10.3. The van der Waals surface area contributed by atoms with Crippen molar-refractivity contribution in [3.05, 3.63) is 39.7 Å². The number of hydrogen-bond acceptors (Lipinski definition) is 6. The van der Waals surface area contributed by atoms with Crippen LogP contribution in [0.15, 0.2) is 27.8 Å². The lowest BCUT2D eigenvalue weighted by molar-refractivity contribution is 0.0394. The number of aryl methyl sites for hydroxylation is 2. The van der Waals surface area contributed by atoms with E-state index < -0.39 is 0 Å². The van der Waals surface area contributed by atoms with Crippen molar-refractivity contribution in [3.63, 3.8) is 0 Å². The highest BCUT2D eigenvalue weighted by atomic mass is 127. The summed E-state index contributed by atoms with van der Waals surface area (Å²) in [5.74, 6) is 1.83. The van der Waals surface area contributed by atoms with E-state index in [9.17, 15) is 0 Å². The first-order chi connectivity index (χ1) is 13.7. The van der Waals surface area contributed by atoms with Crippen LogP contribution in [0.1, 0.15) is 21.3 Å². The van der Waals surface area contributed by atoms with Crippen molar-refractivity contribution in [2.24, 2.45) is 4.99 Å². The topological polar surface area (TPSA) is 74.9 Å². The number of morpholine rings is 1. The molecular weight excluding hydrogens is 501 g/mol. The highest BCUT2D eigenvalue weighted by Crippen LogP contribution is 2.16. The summed E-state index contributed by atoms with van der Waals surface area (Å²) >= 11 is 1.78. The van der Waals surface area contributed by atoms with Crippen LogP contribution in [0.25, 0.3) is 0 Å². The number of hydrogen-bond donors (Lipinski definition) is 2. The van der Waals surface area contributed by atoms with Crippen LogP contribution in [-0.2, 0) is 17.6 Å². The van der Waals surface area contributed by atoms with Crippen molar-refractivity contribution in [2.45, 2.75) is 26.7 Å².